The lowest BCUT2D eigenvalue weighted by molar-refractivity contribution is 0.580. The molecule has 1 aromatic rings. The molecule has 0 fully saturated rings. The van der Waals surface area contributed by atoms with Gasteiger partial charge in [0.1, 0.15) is 5.83 Å². The number of hydrogen-bond donors (Lipinski definition) is 1. The first kappa shape index (κ1) is 16.7. The van der Waals surface area contributed by atoms with Crippen LogP contribution in [0.25, 0.3) is 5.57 Å². The van der Waals surface area contributed by atoms with Gasteiger partial charge in [0, 0.05) is 35.6 Å². The standard InChI is InChI=1S/C22H22FN3/c1-14(2)22-21(19-8-4-6-12-25-19)20(18-7-3-5-11-24-18)16-13-15(23)9-10-17(16)26-22/h3-10,12-14,16-17,24H,11H2,1-2H3. The summed E-state index contributed by atoms with van der Waals surface area (Å²) < 4.78 is 14.1. The number of nitrogens with one attached hydrogen (secondary N) is 1. The zero-order valence-corrected chi connectivity index (χ0v) is 15.0. The topological polar surface area (TPSA) is 37.3 Å². The second kappa shape index (κ2) is 6.87. The number of allylic oxidation sites excluding steroid dienone is 6. The summed E-state index contributed by atoms with van der Waals surface area (Å²) in [6.45, 7) is 5.05. The van der Waals surface area contributed by atoms with E-state index in [1.54, 1.807) is 12.3 Å². The quantitative estimate of drug-likeness (QED) is 0.880. The van der Waals surface area contributed by atoms with Crippen LogP contribution in [0, 0.1) is 11.8 Å². The Labute approximate surface area is 153 Å². The van der Waals surface area contributed by atoms with Crippen LogP contribution in [0.15, 0.2) is 82.9 Å². The molecule has 4 rings (SSSR count). The number of pyridine rings is 1. The Bertz CT molecular complexity index is 885. The van der Waals surface area contributed by atoms with E-state index >= 15 is 0 Å². The Balaban J connectivity index is 1.99. The highest BCUT2D eigenvalue weighted by molar-refractivity contribution is 6.26. The number of halogens is 1. The normalized spacial score (nSPS) is 24.7. The highest BCUT2D eigenvalue weighted by Gasteiger charge is 2.36. The fraction of sp³-hybridized carbons (Fsp3) is 0.273. The lowest BCUT2D eigenvalue weighted by Crippen LogP contribution is -2.34. The summed E-state index contributed by atoms with van der Waals surface area (Å²) in [7, 11) is 0. The van der Waals surface area contributed by atoms with Crippen LogP contribution >= 0.6 is 0 Å². The number of dihydropyridines is 2. The van der Waals surface area contributed by atoms with Crippen LogP contribution in [-0.2, 0) is 0 Å². The lowest BCUT2D eigenvalue weighted by atomic mass is 9.76. The summed E-state index contributed by atoms with van der Waals surface area (Å²) in [6.07, 6.45) is 13.1. The molecule has 2 unspecified atom stereocenters. The van der Waals surface area contributed by atoms with Gasteiger partial charge >= 0.3 is 0 Å². The van der Waals surface area contributed by atoms with E-state index in [0.29, 0.717) is 0 Å². The third kappa shape index (κ3) is 2.96. The van der Waals surface area contributed by atoms with Crippen LogP contribution in [0.5, 0.6) is 0 Å². The largest absolute Gasteiger partial charge is 0.381 e. The van der Waals surface area contributed by atoms with Crippen LogP contribution in [0.2, 0.25) is 0 Å². The van der Waals surface area contributed by atoms with Gasteiger partial charge in [-0.1, -0.05) is 38.1 Å². The fourth-order valence-electron chi connectivity index (χ4n) is 3.72. The third-order valence-electron chi connectivity index (χ3n) is 4.87. The van der Waals surface area contributed by atoms with E-state index in [2.05, 4.69) is 36.3 Å². The van der Waals surface area contributed by atoms with Crippen molar-refractivity contribution in [1.82, 2.24) is 10.3 Å². The summed E-state index contributed by atoms with van der Waals surface area (Å²) in [5, 5.41) is 3.45. The molecular weight excluding hydrogens is 325 g/mol. The maximum atomic E-state index is 14.1. The Morgan fingerprint density at radius 1 is 1.27 bits per heavy atom. The molecule has 0 aromatic carbocycles. The Hall–Kier alpha value is -2.75. The minimum atomic E-state index is -0.209. The first-order valence-corrected chi connectivity index (χ1v) is 9.05. The van der Waals surface area contributed by atoms with Crippen molar-refractivity contribution in [3.05, 3.63) is 83.6 Å². The molecule has 0 amide bonds. The molecule has 3 aliphatic rings. The van der Waals surface area contributed by atoms with Crippen molar-refractivity contribution in [2.75, 3.05) is 6.54 Å². The molecule has 1 aromatic heterocycles. The van der Waals surface area contributed by atoms with E-state index in [0.717, 1.165) is 34.8 Å². The molecule has 4 heteroatoms. The number of aromatic nitrogens is 1. The van der Waals surface area contributed by atoms with Crippen molar-refractivity contribution in [3.8, 4) is 0 Å². The molecule has 0 saturated heterocycles. The lowest BCUT2D eigenvalue weighted by Gasteiger charge is -2.35. The van der Waals surface area contributed by atoms with Crippen LogP contribution < -0.4 is 5.32 Å². The van der Waals surface area contributed by atoms with E-state index in [1.165, 1.54) is 6.08 Å². The van der Waals surface area contributed by atoms with Gasteiger partial charge in [0.2, 0.25) is 0 Å². The van der Waals surface area contributed by atoms with Gasteiger partial charge in [0.05, 0.1) is 11.7 Å². The first-order valence-electron chi connectivity index (χ1n) is 9.05. The molecule has 2 atom stereocenters. The Morgan fingerprint density at radius 3 is 2.85 bits per heavy atom. The van der Waals surface area contributed by atoms with E-state index in [1.807, 2.05) is 30.4 Å². The van der Waals surface area contributed by atoms with Crippen LogP contribution in [-0.4, -0.2) is 23.3 Å². The smallest absolute Gasteiger partial charge is 0.119 e. The second-order valence-electron chi connectivity index (χ2n) is 6.99. The average molecular weight is 347 g/mol. The van der Waals surface area contributed by atoms with Gasteiger partial charge in [-0.3, -0.25) is 9.98 Å². The van der Waals surface area contributed by atoms with Crippen LogP contribution in [0.3, 0.4) is 0 Å². The zero-order chi connectivity index (χ0) is 18.1. The fourth-order valence-corrected chi connectivity index (χ4v) is 3.72. The maximum absolute atomic E-state index is 14.1. The third-order valence-corrected chi connectivity index (χ3v) is 4.87. The van der Waals surface area contributed by atoms with E-state index in [9.17, 15) is 4.39 Å². The number of fused-ring (bicyclic) bond motifs is 1. The summed E-state index contributed by atoms with van der Waals surface area (Å²) >= 11 is 0. The molecule has 0 bridgehead atoms. The van der Waals surface area contributed by atoms with Gasteiger partial charge < -0.3 is 5.32 Å². The molecule has 2 aliphatic heterocycles. The molecule has 0 saturated carbocycles. The average Bonchev–Trinajstić information content (AvgIpc) is 2.67. The predicted molar refractivity (Wildman–Crippen MR) is 104 cm³/mol. The van der Waals surface area contributed by atoms with Crippen molar-refractivity contribution < 1.29 is 4.39 Å². The molecule has 0 radical (unpaired) electrons. The van der Waals surface area contributed by atoms with Gasteiger partial charge in [-0.05, 0) is 41.9 Å². The van der Waals surface area contributed by atoms with E-state index < -0.39 is 0 Å². The highest BCUT2D eigenvalue weighted by Crippen LogP contribution is 2.41. The van der Waals surface area contributed by atoms with Crippen molar-refractivity contribution in [2.45, 2.75) is 19.9 Å². The van der Waals surface area contributed by atoms with E-state index in [4.69, 9.17) is 4.99 Å². The Kier molecular flexibility index (Phi) is 4.41. The van der Waals surface area contributed by atoms with Crippen molar-refractivity contribution in [1.29, 1.82) is 0 Å². The van der Waals surface area contributed by atoms with Crippen molar-refractivity contribution >= 4 is 11.3 Å². The number of rotatable bonds is 3. The molecule has 3 heterocycles. The minimum Gasteiger partial charge on any atom is -0.381 e. The summed E-state index contributed by atoms with van der Waals surface area (Å²) in [5.74, 6) is -0.101. The van der Waals surface area contributed by atoms with Gasteiger partial charge in [0.25, 0.3) is 0 Å². The summed E-state index contributed by atoms with van der Waals surface area (Å²) in [4.78, 5) is 9.58. The summed E-state index contributed by atoms with van der Waals surface area (Å²) in [6, 6.07) is 5.82. The second-order valence-corrected chi connectivity index (χ2v) is 6.99. The molecule has 3 nitrogen and oxygen atoms in total. The maximum Gasteiger partial charge on any atom is 0.119 e. The SMILES string of the molecule is CC(C)C1=NC2C=CC(F)=CC2C(C2=CC=CCN2)=C1c1ccccn1. The molecule has 1 N–H and O–H groups in total. The highest BCUT2D eigenvalue weighted by atomic mass is 19.1. The minimum absolute atomic E-state index is 0.0806. The van der Waals surface area contributed by atoms with Gasteiger partial charge in [-0.2, -0.15) is 0 Å². The number of aliphatic imine (C=N–C) groups is 1. The van der Waals surface area contributed by atoms with Crippen molar-refractivity contribution in [3.63, 3.8) is 0 Å². The predicted octanol–water partition coefficient (Wildman–Crippen LogP) is 4.40. The molecule has 0 spiro atoms. The van der Waals surface area contributed by atoms with Gasteiger partial charge in [-0.25, -0.2) is 4.39 Å². The van der Waals surface area contributed by atoms with Gasteiger partial charge in [0.15, 0.2) is 0 Å². The zero-order valence-electron chi connectivity index (χ0n) is 15.0. The number of hydrogen-bond acceptors (Lipinski definition) is 3. The molecule has 26 heavy (non-hydrogen) atoms. The molecule has 1 aliphatic carbocycles. The molecule has 132 valence electrons. The van der Waals surface area contributed by atoms with Crippen molar-refractivity contribution in [2.24, 2.45) is 16.8 Å². The summed E-state index contributed by atoms with van der Waals surface area (Å²) in [5.41, 5.74) is 5.04. The van der Waals surface area contributed by atoms with Gasteiger partial charge in [-0.15, -0.1) is 0 Å². The van der Waals surface area contributed by atoms with E-state index in [-0.39, 0.29) is 23.7 Å². The van der Waals surface area contributed by atoms with Crippen LogP contribution in [0.4, 0.5) is 4.39 Å². The van der Waals surface area contributed by atoms with Crippen LogP contribution in [0.1, 0.15) is 19.5 Å². The molecular formula is C22H22FN3. The monoisotopic (exact) mass is 347 g/mol. The number of nitrogens with zero attached hydrogens (tertiary/aromatic N) is 2. The first-order chi connectivity index (χ1) is 12.6. The Morgan fingerprint density at radius 2 is 2.15 bits per heavy atom.